The lowest BCUT2D eigenvalue weighted by atomic mass is 10.1. The van der Waals surface area contributed by atoms with Crippen molar-refractivity contribution >= 4 is 33.1 Å². The summed E-state index contributed by atoms with van der Waals surface area (Å²) in [5, 5.41) is 3.96. The maximum absolute atomic E-state index is 12.3. The number of nitrogens with one attached hydrogen (secondary N) is 1. The first kappa shape index (κ1) is 16.6. The van der Waals surface area contributed by atoms with Crippen LogP contribution < -0.4 is 5.32 Å². The van der Waals surface area contributed by atoms with E-state index in [4.69, 9.17) is 0 Å². The molecule has 0 aliphatic carbocycles. The first-order chi connectivity index (χ1) is 10.5. The molecule has 1 atom stereocenters. The van der Waals surface area contributed by atoms with Gasteiger partial charge in [-0.2, -0.15) is 0 Å². The molecule has 22 heavy (non-hydrogen) atoms. The van der Waals surface area contributed by atoms with Crippen LogP contribution in [0.4, 0.5) is 0 Å². The number of nitrogens with zero attached hydrogens (tertiary/aromatic N) is 1. The number of hydrogen-bond donors (Lipinski definition) is 1. The molecule has 2 heterocycles. The summed E-state index contributed by atoms with van der Waals surface area (Å²) in [6.07, 6.45) is 5.81. The molecular formula is C17H22N2O2S. The van der Waals surface area contributed by atoms with Gasteiger partial charge in [-0.05, 0) is 31.9 Å². The average molecular weight is 318 g/mol. The van der Waals surface area contributed by atoms with Gasteiger partial charge in [0, 0.05) is 22.3 Å². The van der Waals surface area contributed by atoms with Crippen molar-refractivity contribution in [1.29, 1.82) is 0 Å². The van der Waals surface area contributed by atoms with Gasteiger partial charge in [0.25, 0.3) is 5.91 Å². The number of ketones is 1. The molecule has 5 heteroatoms. The van der Waals surface area contributed by atoms with E-state index in [-0.39, 0.29) is 17.7 Å². The molecule has 1 unspecified atom stereocenters. The Balaban J connectivity index is 2.15. The SMILES string of the molecule is CCCCC(CC)NC(=O)c1cc2sc(C(C)=O)cc2cn1. The Kier molecular flexibility index (Phi) is 5.66. The van der Waals surface area contributed by atoms with Crippen LogP contribution in [0.5, 0.6) is 0 Å². The summed E-state index contributed by atoms with van der Waals surface area (Å²) in [6.45, 7) is 5.77. The maximum Gasteiger partial charge on any atom is 0.270 e. The molecule has 118 valence electrons. The van der Waals surface area contributed by atoms with E-state index in [1.54, 1.807) is 19.2 Å². The first-order valence-corrected chi connectivity index (χ1v) is 8.58. The van der Waals surface area contributed by atoms with E-state index >= 15 is 0 Å². The topological polar surface area (TPSA) is 59.1 Å². The molecule has 2 rings (SSSR count). The Morgan fingerprint density at radius 2 is 2.09 bits per heavy atom. The molecule has 2 aromatic rings. The van der Waals surface area contributed by atoms with Crippen LogP contribution >= 0.6 is 11.3 Å². The second-order valence-electron chi connectivity index (χ2n) is 5.50. The Hall–Kier alpha value is -1.75. The summed E-state index contributed by atoms with van der Waals surface area (Å²) in [6, 6.07) is 3.79. The molecule has 0 saturated carbocycles. The molecule has 4 nitrogen and oxygen atoms in total. The van der Waals surface area contributed by atoms with Crippen LogP contribution in [-0.2, 0) is 0 Å². The third kappa shape index (κ3) is 3.91. The van der Waals surface area contributed by atoms with Crippen molar-refractivity contribution in [2.75, 3.05) is 0 Å². The number of fused-ring (bicyclic) bond motifs is 1. The highest BCUT2D eigenvalue weighted by Gasteiger charge is 2.14. The molecule has 0 radical (unpaired) electrons. The van der Waals surface area contributed by atoms with E-state index in [9.17, 15) is 9.59 Å². The quantitative estimate of drug-likeness (QED) is 0.778. The Morgan fingerprint density at radius 3 is 2.73 bits per heavy atom. The van der Waals surface area contributed by atoms with Crippen molar-refractivity contribution in [3.8, 4) is 0 Å². The molecule has 1 N–H and O–H groups in total. The third-order valence-corrected chi connectivity index (χ3v) is 4.91. The summed E-state index contributed by atoms with van der Waals surface area (Å²) in [5.41, 5.74) is 0.416. The minimum absolute atomic E-state index is 0.0396. The van der Waals surface area contributed by atoms with E-state index in [1.807, 2.05) is 6.07 Å². The fourth-order valence-electron chi connectivity index (χ4n) is 2.32. The molecule has 0 bridgehead atoms. The molecular weight excluding hydrogens is 296 g/mol. The molecule has 0 spiro atoms. The van der Waals surface area contributed by atoms with E-state index < -0.39 is 0 Å². The van der Waals surface area contributed by atoms with Crippen LogP contribution in [0, 0.1) is 0 Å². The van der Waals surface area contributed by atoms with Gasteiger partial charge in [0.2, 0.25) is 0 Å². The molecule has 0 aromatic carbocycles. The van der Waals surface area contributed by atoms with Crippen LogP contribution in [0.1, 0.15) is 66.6 Å². The molecule has 0 saturated heterocycles. The maximum atomic E-state index is 12.3. The van der Waals surface area contributed by atoms with Gasteiger partial charge >= 0.3 is 0 Å². The van der Waals surface area contributed by atoms with Gasteiger partial charge in [0.05, 0.1) is 4.88 Å². The van der Waals surface area contributed by atoms with Gasteiger partial charge in [-0.3, -0.25) is 14.6 Å². The monoisotopic (exact) mass is 318 g/mol. The fraction of sp³-hybridized carbons (Fsp3) is 0.471. The van der Waals surface area contributed by atoms with Crippen LogP contribution in [0.3, 0.4) is 0 Å². The zero-order valence-electron chi connectivity index (χ0n) is 13.3. The predicted molar refractivity (Wildman–Crippen MR) is 90.7 cm³/mol. The van der Waals surface area contributed by atoms with E-state index in [1.165, 1.54) is 11.3 Å². The lowest BCUT2D eigenvalue weighted by molar-refractivity contribution is 0.0927. The Morgan fingerprint density at radius 1 is 1.32 bits per heavy atom. The number of hydrogen-bond acceptors (Lipinski definition) is 4. The number of amides is 1. The van der Waals surface area contributed by atoms with Crippen molar-refractivity contribution in [2.24, 2.45) is 0 Å². The van der Waals surface area contributed by atoms with Gasteiger partial charge in [0.1, 0.15) is 5.69 Å². The lowest BCUT2D eigenvalue weighted by Gasteiger charge is -2.16. The second kappa shape index (κ2) is 7.49. The molecule has 0 aliphatic rings. The molecule has 0 aliphatic heterocycles. The van der Waals surface area contributed by atoms with Gasteiger partial charge in [0.15, 0.2) is 5.78 Å². The summed E-state index contributed by atoms with van der Waals surface area (Å²) in [7, 11) is 0. The summed E-state index contributed by atoms with van der Waals surface area (Å²) >= 11 is 1.41. The smallest absolute Gasteiger partial charge is 0.270 e. The van der Waals surface area contributed by atoms with Crippen molar-refractivity contribution < 1.29 is 9.59 Å². The zero-order chi connectivity index (χ0) is 16.1. The van der Waals surface area contributed by atoms with Crippen LogP contribution in [-0.4, -0.2) is 22.7 Å². The highest BCUT2D eigenvalue weighted by Crippen LogP contribution is 2.26. The van der Waals surface area contributed by atoms with Crippen LogP contribution in [0.15, 0.2) is 18.3 Å². The van der Waals surface area contributed by atoms with Crippen LogP contribution in [0.2, 0.25) is 0 Å². The highest BCUT2D eigenvalue weighted by molar-refractivity contribution is 7.20. The van der Waals surface area contributed by atoms with Crippen molar-refractivity contribution in [3.63, 3.8) is 0 Å². The second-order valence-corrected chi connectivity index (χ2v) is 6.58. The van der Waals surface area contributed by atoms with Gasteiger partial charge in [-0.15, -0.1) is 11.3 Å². The minimum Gasteiger partial charge on any atom is -0.348 e. The van der Waals surface area contributed by atoms with Crippen LogP contribution in [0.25, 0.3) is 10.1 Å². The summed E-state index contributed by atoms with van der Waals surface area (Å²) in [5.74, 6) is -0.0968. The fourth-order valence-corrected chi connectivity index (χ4v) is 3.29. The average Bonchev–Trinajstić information content (AvgIpc) is 2.94. The third-order valence-electron chi connectivity index (χ3n) is 3.72. The van der Waals surface area contributed by atoms with Crippen molar-refractivity contribution in [3.05, 3.63) is 28.9 Å². The largest absolute Gasteiger partial charge is 0.348 e. The molecule has 0 fully saturated rings. The van der Waals surface area contributed by atoms with E-state index in [0.717, 1.165) is 35.8 Å². The summed E-state index contributed by atoms with van der Waals surface area (Å²) < 4.78 is 0.923. The summed E-state index contributed by atoms with van der Waals surface area (Å²) in [4.78, 5) is 28.7. The lowest BCUT2D eigenvalue weighted by Crippen LogP contribution is -2.34. The number of rotatable bonds is 7. The van der Waals surface area contributed by atoms with E-state index in [0.29, 0.717) is 10.6 Å². The standard InChI is InChI=1S/C17H22N2O2S/c1-4-6-7-13(5-2)19-17(21)14-9-16-12(10-18-14)8-15(22-16)11(3)20/h8-10,13H,4-7H2,1-3H3,(H,19,21). The minimum atomic E-state index is -0.136. The number of thiophene rings is 1. The number of pyridine rings is 1. The number of aromatic nitrogens is 1. The van der Waals surface area contributed by atoms with Crippen molar-refractivity contribution in [1.82, 2.24) is 10.3 Å². The Bertz CT molecular complexity index is 678. The number of carbonyl (C=O) groups is 2. The molecule has 2 aromatic heterocycles. The number of carbonyl (C=O) groups excluding carboxylic acids is 2. The molecule has 1 amide bonds. The zero-order valence-corrected chi connectivity index (χ0v) is 14.1. The highest BCUT2D eigenvalue weighted by atomic mass is 32.1. The Labute approximate surface area is 134 Å². The van der Waals surface area contributed by atoms with Crippen molar-refractivity contribution in [2.45, 2.75) is 52.5 Å². The number of unbranched alkanes of at least 4 members (excludes halogenated alkanes) is 1. The van der Waals surface area contributed by atoms with Gasteiger partial charge in [-0.25, -0.2) is 0 Å². The van der Waals surface area contributed by atoms with Gasteiger partial charge in [-0.1, -0.05) is 26.7 Å². The van der Waals surface area contributed by atoms with E-state index in [2.05, 4.69) is 24.1 Å². The predicted octanol–water partition coefficient (Wildman–Crippen LogP) is 4.20. The normalized spacial score (nSPS) is 12.3. The number of Topliss-reactive ketones (excluding diaryl/α,β-unsaturated/α-hetero) is 1. The first-order valence-electron chi connectivity index (χ1n) is 7.76. The van der Waals surface area contributed by atoms with Gasteiger partial charge < -0.3 is 5.32 Å².